The summed E-state index contributed by atoms with van der Waals surface area (Å²) in [5.41, 5.74) is 0.542. The van der Waals surface area contributed by atoms with Gasteiger partial charge in [0.05, 0.1) is 19.3 Å². The van der Waals surface area contributed by atoms with E-state index in [1.54, 1.807) is 18.2 Å². The van der Waals surface area contributed by atoms with Crippen LogP contribution in [0.1, 0.15) is 30.1 Å². The number of rotatable bonds is 6. The average Bonchev–Trinajstić information content (AvgIpc) is 2.29. The lowest BCUT2D eigenvalue weighted by molar-refractivity contribution is 0.112. The van der Waals surface area contributed by atoms with Crippen molar-refractivity contribution in [3.8, 4) is 11.5 Å². The van der Waals surface area contributed by atoms with Crippen molar-refractivity contribution in [3.05, 3.63) is 23.8 Å². The van der Waals surface area contributed by atoms with Crippen LogP contribution < -0.4 is 9.47 Å². The van der Waals surface area contributed by atoms with Crippen LogP contribution in [0.4, 0.5) is 0 Å². The lowest BCUT2D eigenvalue weighted by atomic mass is 10.2. The van der Waals surface area contributed by atoms with Crippen LogP contribution in [0, 0.1) is 0 Å². The third kappa shape index (κ3) is 3.27. The van der Waals surface area contributed by atoms with Gasteiger partial charge in [-0.15, -0.1) is 0 Å². The molecule has 0 aliphatic heterocycles. The molecule has 1 aromatic rings. The zero-order valence-electron chi connectivity index (χ0n) is 9.16. The number of hydrogen-bond acceptors (Lipinski definition) is 3. The molecule has 0 bridgehead atoms. The zero-order chi connectivity index (χ0) is 11.1. The second kappa shape index (κ2) is 6.06. The Labute approximate surface area is 90.0 Å². The molecule has 0 spiro atoms. The molecule has 0 aliphatic carbocycles. The van der Waals surface area contributed by atoms with Crippen molar-refractivity contribution >= 4 is 6.29 Å². The number of unbranched alkanes of at least 4 members (excludes halogenated alkanes) is 1. The summed E-state index contributed by atoms with van der Waals surface area (Å²) in [5.74, 6) is 1.30. The molecular weight excluding hydrogens is 192 g/mol. The first-order chi connectivity index (χ1) is 7.31. The van der Waals surface area contributed by atoms with Crippen molar-refractivity contribution in [1.29, 1.82) is 0 Å². The third-order valence-electron chi connectivity index (χ3n) is 2.10. The molecule has 0 aliphatic rings. The van der Waals surface area contributed by atoms with Crippen molar-refractivity contribution in [3.63, 3.8) is 0 Å². The van der Waals surface area contributed by atoms with E-state index in [4.69, 9.17) is 9.47 Å². The molecule has 3 heteroatoms. The first kappa shape index (κ1) is 11.6. The van der Waals surface area contributed by atoms with Gasteiger partial charge < -0.3 is 9.47 Å². The molecule has 0 atom stereocenters. The first-order valence-electron chi connectivity index (χ1n) is 5.07. The number of hydrogen-bond donors (Lipinski definition) is 0. The Bertz CT molecular complexity index is 321. The highest BCUT2D eigenvalue weighted by Gasteiger charge is 2.03. The van der Waals surface area contributed by atoms with E-state index in [2.05, 4.69) is 6.92 Å². The molecule has 3 nitrogen and oxygen atoms in total. The van der Waals surface area contributed by atoms with Crippen molar-refractivity contribution in [1.82, 2.24) is 0 Å². The number of carbonyl (C=O) groups is 1. The van der Waals surface area contributed by atoms with Gasteiger partial charge >= 0.3 is 0 Å². The quantitative estimate of drug-likeness (QED) is 0.532. The molecule has 0 heterocycles. The molecule has 82 valence electrons. The number of aldehydes is 1. The van der Waals surface area contributed by atoms with Gasteiger partial charge in [-0.1, -0.05) is 13.3 Å². The zero-order valence-corrected chi connectivity index (χ0v) is 9.16. The highest BCUT2D eigenvalue weighted by Crippen LogP contribution is 2.23. The number of benzene rings is 1. The smallest absolute Gasteiger partial charge is 0.153 e. The molecule has 0 radical (unpaired) electrons. The standard InChI is InChI=1S/C12H16O3/c1-3-4-7-15-11-6-5-10(9-13)12(8-11)14-2/h5-6,8-9H,3-4,7H2,1-2H3. The van der Waals surface area contributed by atoms with Crippen LogP contribution in [0.3, 0.4) is 0 Å². The highest BCUT2D eigenvalue weighted by molar-refractivity contribution is 5.79. The van der Waals surface area contributed by atoms with Crippen LogP contribution in [-0.2, 0) is 0 Å². The minimum Gasteiger partial charge on any atom is -0.496 e. The van der Waals surface area contributed by atoms with Gasteiger partial charge in [0.25, 0.3) is 0 Å². The second-order valence-electron chi connectivity index (χ2n) is 3.22. The maximum atomic E-state index is 10.6. The molecule has 0 N–H and O–H groups in total. The number of carbonyl (C=O) groups excluding carboxylic acids is 1. The average molecular weight is 208 g/mol. The van der Waals surface area contributed by atoms with E-state index >= 15 is 0 Å². The fraction of sp³-hybridized carbons (Fsp3) is 0.417. The molecule has 15 heavy (non-hydrogen) atoms. The highest BCUT2D eigenvalue weighted by atomic mass is 16.5. The Morgan fingerprint density at radius 3 is 2.80 bits per heavy atom. The normalized spacial score (nSPS) is 9.73. The van der Waals surface area contributed by atoms with Gasteiger partial charge in [0.15, 0.2) is 6.29 Å². The maximum Gasteiger partial charge on any atom is 0.153 e. The summed E-state index contributed by atoms with van der Waals surface area (Å²) in [6.45, 7) is 2.81. The lowest BCUT2D eigenvalue weighted by Crippen LogP contribution is -1.98. The van der Waals surface area contributed by atoms with Crippen LogP contribution in [0.15, 0.2) is 18.2 Å². The van der Waals surface area contributed by atoms with Crippen LogP contribution in [0.2, 0.25) is 0 Å². The van der Waals surface area contributed by atoms with E-state index in [1.165, 1.54) is 7.11 Å². The summed E-state index contributed by atoms with van der Waals surface area (Å²) in [7, 11) is 1.54. The van der Waals surface area contributed by atoms with Crippen LogP contribution >= 0.6 is 0 Å². The number of ether oxygens (including phenoxy) is 2. The monoisotopic (exact) mass is 208 g/mol. The molecule has 1 rings (SSSR count). The first-order valence-corrected chi connectivity index (χ1v) is 5.07. The Hall–Kier alpha value is -1.51. The van der Waals surface area contributed by atoms with Gasteiger partial charge in [-0.05, 0) is 18.6 Å². The predicted molar refractivity (Wildman–Crippen MR) is 58.8 cm³/mol. The van der Waals surface area contributed by atoms with Crippen LogP contribution in [-0.4, -0.2) is 20.0 Å². The molecule has 0 saturated heterocycles. The summed E-state index contributed by atoms with van der Waals surface area (Å²) in [6, 6.07) is 5.22. The van der Waals surface area contributed by atoms with Gasteiger partial charge in [0.2, 0.25) is 0 Å². The van der Waals surface area contributed by atoms with Crippen molar-refractivity contribution in [2.75, 3.05) is 13.7 Å². The van der Waals surface area contributed by atoms with Gasteiger partial charge in [-0.3, -0.25) is 4.79 Å². The second-order valence-corrected chi connectivity index (χ2v) is 3.22. The van der Waals surface area contributed by atoms with Gasteiger partial charge in [-0.2, -0.15) is 0 Å². The molecule has 0 aromatic heterocycles. The van der Waals surface area contributed by atoms with E-state index in [9.17, 15) is 4.79 Å². The third-order valence-corrected chi connectivity index (χ3v) is 2.10. The van der Waals surface area contributed by atoms with E-state index in [0.717, 1.165) is 24.9 Å². The van der Waals surface area contributed by atoms with Crippen LogP contribution in [0.25, 0.3) is 0 Å². The fourth-order valence-corrected chi connectivity index (χ4v) is 1.21. The summed E-state index contributed by atoms with van der Waals surface area (Å²) < 4.78 is 10.6. The summed E-state index contributed by atoms with van der Waals surface area (Å²) in [4.78, 5) is 10.6. The maximum absolute atomic E-state index is 10.6. The molecular formula is C12H16O3. The summed E-state index contributed by atoms with van der Waals surface area (Å²) in [6.07, 6.45) is 2.90. The topological polar surface area (TPSA) is 35.5 Å². The Morgan fingerprint density at radius 1 is 1.40 bits per heavy atom. The Morgan fingerprint density at radius 2 is 2.20 bits per heavy atom. The van der Waals surface area contributed by atoms with Crippen molar-refractivity contribution in [2.24, 2.45) is 0 Å². The molecule has 0 unspecified atom stereocenters. The predicted octanol–water partition coefficient (Wildman–Crippen LogP) is 2.69. The van der Waals surface area contributed by atoms with Crippen LogP contribution in [0.5, 0.6) is 11.5 Å². The lowest BCUT2D eigenvalue weighted by Gasteiger charge is -2.08. The molecule has 0 fully saturated rings. The van der Waals surface area contributed by atoms with E-state index < -0.39 is 0 Å². The molecule has 0 saturated carbocycles. The van der Waals surface area contributed by atoms with E-state index in [1.807, 2.05) is 0 Å². The van der Waals surface area contributed by atoms with E-state index in [-0.39, 0.29) is 0 Å². The summed E-state index contributed by atoms with van der Waals surface area (Å²) >= 11 is 0. The van der Waals surface area contributed by atoms with Crippen molar-refractivity contribution in [2.45, 2.75) is 19.8 Å². The Kier molecular flexibility index (Phi) is 4.68. The minimum atomic E-state index is 0.542. The van der Waals surface area contributed by atoms with Gasteiger partial charge in [0.1, 0.15) is 11.5 Å². The van der Waals surface area contributed by atoms with Crippen molar-refractivity contribution < 1.29 is 14.3 Å². The van der Waals surface area contributed by atoms with Gasteiger partial charge in [-0.25, -0.2) is 0 Å². The molecule has 0 amide bonds. The Balaban J connectivity index is 2.70. The van der Waals surface area contributed by atoms with Gasteiger partial charge in [0, 0.05) is 6.07 Å². The molecule has 1 aromatic carbocycles. The summed E-state index contributed by atoms with van der Waals surface area (Å²) in [5, 5.41) is 0. The SMILES string of the molecule is CCCCOc1ccc(C=O)c(OC)c1. The fourth-order valence-electron chi connectivity index (χ4n) is 1.21. The van der Waals surface area contributed by atoms with E-state index in [0.29, 0.717) is 17.9 Å². The minimum absolute atomic E-state index is 0.542. The largest absolute Gasteiger partial charge is 0.496 e. The number of methoxy groups -OCH3 is 1.